The monoisotopic (exact) mass is 285 g/mol. The zero-order chi connectivity index (χ0) is 14.7. The van der Waals surface area contributed by atoms with Gasteiger partial charge >= 0.3 is 0 Å². The van der Waals surface area contributed by atoms with Gasteiger partial charge in [-0.05, 0) is 31.9 Å². The van der Waals surface area contributed by atoms with Crippen molar-refractivity contribution in [2.24, 2.45) is 5.92 Å². The predicted molar refractivity (Wildman–Crippen MR) is 83.2 cm³/mol. The molecule has 0 atom stereocenters. The van der Waals surface area contributed by atoms with E-state index in [-0.39, 0.29) is 11.8 Å². The molecule has 4 nitrogen and oxygen atoms in total. The molecule has 4 heteroatoms. The molecule has 0 radical (unpaired) electrons. The van der Waals surface area contributed by atoms with Gasteiger partial charge in [-0.2, -0.15) is 0 Å². The number of imidazole rings is 1. The van der Waals surface area contributed by atoms with Gasteiger partial charge in [0.2, 0.25) is 5.91 Å². The Balaban J connectivity index is 1.54. The van der Waals surface area contributed by atoms with E-state index in [2.05, 4.69) is 33.9 Å². The van der Waals surface area contributed by atoms with Crippen molar-refractivity contribution in [3.63, 3.8) is 0 Å². The van der Waals surface area contributed by atoms with Crippen LogP contribution in [0.5, 0.6) is 0 Å². The highest BCUT2D eigenvalue weighted by Gasteiger charge is 2.20. The van der Waals surface area contributed by atoms with Gasteiger partial charge in [-0.15, -0.1) is 0 Å². The van der Waals surface area contributed by atoms with Crippen LogP contribution in [-0.4, -0.2) is 21.8 Å². The summed E-state index contributed by atoms with van der Waals surface area (Å²) in [6, 6.07) is 6.10. The largest absolute Gasteiger partial charge is 0.355 e. The normalized spacial score (nSPS) is 16.2. The summed E-state index contributed by atoms with van der Waals surface area (Å²) in [5.74, 6) is 0.469. The maximum atomic E-state index is 12.1. The zero-order valence-electron chi connectivity index (χ0n) is 12.6. The lowest BCUT2D eigenvalue weighted by Crippen LogP contribution is -2.33. The van der Waals surface area contributed by atoms with E-state index in [0.717, 1.165) is 30.6 Å². The molecule has 21 heavy (non-hydrogen) atoms. The molecule has 1 fully saturated rings. The van der Waals surface area contributed by atoms with Crippen LogP contribution in [0.15, 0.2) is 24.4 Å². The molecule has 0 unspecified atom stereocenters. The van der Waals surface area contributed by atoms with Crippen LogP contribution in [0, 0.1) is 12.8 Å². The molecule has 0 aromatic carbocycles. The molecule has 2 aromatic heterocycles. The van der Waals surface area contributed by atoms with Crippen LogP contribution in [-0.2, 0) is 11.2 Å². The maximum Gasteiger partial charge on any atom is 0.223 e. The van der Waals surface area contributed by atoms with Crippen molar-refractivity contribution in [1.82, 2.24) is 14.7 Å². The quantitative estimate of drug-likeness (QED) is 0.939. The van der Waals surface area contributed by atoms with E-state index in [9.17, 15) is 4.79 Å². The highest BCUT2D eigenvalue weighted by Crippen LogP contribution is 2.23. The first-order valence-corrected chi connectivity index (χ1v) is 7.95. The minimum atomic E-state index is 0.231. The Labute approximate surface area is 125 Å². The second-order valence-electron chi connectivity index (χ2n) is 6.00. The van der Waals surface area contributed by atoms with Crippen LogP contribution in [0.4, 0.5) is 0 Å². The summed E-state index contributed by atoms with van der Waals surface area (Å²) in [4.78, 5) is 16.7. The van der Waals surface area contributed by atoms with Gasteiger partial charge in [0.05, 0.1) is 5.69 Å². The number of carbonyl (C=O) groups is 1. The van der Waals surface area contributed by atoms with Gasteiger partial charge in [0.1, 0.15) is 5.65 Å². The fraction of sp³-hybridized carbons (Fsp3) is 0.529. The van der Waals surface area contributed by atoms with Crippen molar-refractivity contribution in [2.45, 2.75) is 45.4 Å². The summed E-state index contributed by atoms with van der Waals surface area (Å²) in [5, 5.41) is 3.07. The molecule has 1 saturated carbocycles. The molecule has 0 spiro atoms. The standard InChI is InChI=1S/C17H23N3O/c1-13-6-5-9-16-19-15(12-20(13)16)10-11-18-17(21)14-7-3-2-4-8-14/h5-6,9,12,14H,2-4,7-8,10-11H2,1H3,(H,18,21). The molecule has 2 aromatic rings. The number of nitrogens with zero attached hydrogens (tertiary/aromatic N) is 2. The molecule has 0 saturated heterocycles. The van der Waals surface area contributed by atoms with E-state index >= 15 is 0 Å². The molecule has 1 amide bonds. The second-order valence-corrected chi connectivity index (χ2v) is 6.00. The lowest BCUT2D eigenvalue weighted by Gasteiger charge is -2.20. The molecule has 1 aliphatic carbocycles. The number of amides is 1. The molecule has 0 bridgehead atoms. The van der Waals surface area contributed by atoms with Gasteiger partial charge in [0, 0.05) is 30.8 Å². The number of rotatable bonds is 4. The molecule has 0 aliphatic heterocycles. The molecule has 112 valence electrons. The smallest absolute Gasteiger partial charge is 0.223 e. The average Bonchev–Trinajstić information content (AvgIpc) is 2.92. The number of hydrogen-bond acceptors (Lipinski definition) is 2. The predicted octanol–water partition coefficient (Wildman–Crippen LogP) is 2.88. The van der Waals surface area contributed by atoms with Gasteiger partial charge in [-0.1, -0.05) is 25.3 Å². The van der Waals surface area contributed by atoms with E-state index in [1.807, 2.05) is 12.1 Å². The van der Waals surface area contributed by atoms with Gasteiger partial charge in [0.25, 0.3) is 0 Å². The average molecular weight is 285 g/mol. The summed E-state index contributed by atoms with van der Waals surface area (Å²) < 4.78 is 2.10. The summed E-state index contributed by atoms with van der Waals surface area (Å²) >= 11 is 0. The Morgan fingerprint density at radius 1 is 1.33 bits per heavy atom. The van der Waals surface area contributed by atoms with Crippen molar-refractivity contribution < 1.29 is 4.79 Å². The number of carbonyl (C=O) groups excluding carboxylic acids is 1. The van der Waals surface area contributed by atoms with Gasteiger partial charge in [-0.25, -0.2) is 4.98 Å². The van der Waals surface area contributed by atoms with Crippen molar-refractivity contribution in [1.29, 1.82) is 0 Å². The maximum absolute atomic E-state index is 12.1. The van der Waals surface area contributed by atoms with Gasteiger partial charge in [0.15, 0.2) is 0 Å². The molecule has 1 N–H and O–H groups in total. The Morgan fingerprint density at radius 2 is 2.14 bits per heavy atom. The van der Waals surface area contributed by atoms with Gasteiger partial charge < -0.3 is 9.72 Å². The van der Waals surface area contributed by atoms with Crippen LogP contribution < -0.4 is 5.32 Å². The minimum Gasteiger partial charge on any atom is -0.355 e. The second kappa shape index (κ2) is 6.29. The number of nitrogens with one attached hydrogen (secondary N) is 1. The number of fused-ring (bicyclic) bond motifs is 1. The van der Waals surface area contributed by atoms with Crippen LogP contribution in [0.2, 0.25) is 0 Å². The van der Waals surface area contributed by atoms with Crippen LogP contribution in [0.1, 0.15) is 43.5 Å². The van der Waals surface area contributed by atoms with E-state index in [1.165, 1.54) is 25.0 Å². The topological polar surface area (TPSA) is 46.4 Å². The Hall–Kier alpha value is -1.84. The number of aromatic nitrogens is 2. The van der Waals surface area contributed by atoms with Crippen LogP contribution >= 0.6 is 0 Å². The van der Waals surface area contributed by atoms with Crippen molar-refractivity contribution >= 4 is 11.6 Å². The number of aryl methyl sites for hydroxylation is 1. The summed E-state index contributed by atoms with van der Waals surface area (Å²) in [6.07, 6.45) is 8.65. The van der Waals surface area contributed by atoms with E-state index in [0.29, 0.717) is 6.54 Å². The highest BCUT2D eigenvalue weighted by atomic mass is 16.1. The number of hydrogen-bond donors (Lipinski definition) is 1. The first kappa shape index (κ1) is 14.1. The molecular formula is C17H23N3O. The Morgan fingerprint density at radius 3 is 2.90 bits per heavy atom. The highest BCUT2D eigenvalue weighted by molar-refractivity contribution is 5.78. The lowest BCUT2D eigenvalue weighted by atomic mass is 9.89. The van der Waals surface area contributed by atoms with Crippen LogP contribution in [0.3, 0.4) is 0 Å². The van der Waals surface area contributed by atoms with E-state index < -0.39 is 0 Å². The lowest BCUT2D eigenvalue weighted by molar-refractivity contribution is -0.125. The summed E-state index contributed by atoms with van der Waals surface area (Å²) in [7, 11) is 0. The third-order valence-electron chi connectivity index (χ3n) is 4.40. The van der Waals surface area contributed by atoms with Crippen molar-refractivity contribution in [3.8, 4) is 0 Å². The fourth-order valence-electron chi connectivity index (χ4n) is 3.14. The molecule has 1 aliphatic rings. The SMILES string of the molecule is Cc1cccc2nc(CCNC(=O)C3CCCCC3)cn12. The van der Waals surface area contributed by atoms with Gasteiger partial charge in [-0.3, -0.25) is 4.79 Å². The zero-order valence-corrected chi connectivity index (χ0v) is 12.6. The first-order valence-electron chi connectivity index (χ1n) is 7.95. The van der Waals surface area contributed by atoms with Crippen molar-refractivity contribution in [3.05, 3.63) is 35.8 Å². The van der Waals surface area contributed by atoms with Crippen molar-refractivity contribution in [2.75, 3.05) is 6.54 Å². The molecule has 3 rings (SSSR count). The third-order valence-corrected chi connectivity index (χ3v) is 4.40. The van der Waals surface area contributed by atoms with E-state index in [4.69, 9.17) is 0 Å². The summed E-state index contributed by atoms with van der Waals surface area (Å²) in [5.41, 5.74) is 3.19. The Kier molecular flexibility index (Phi) is 4.23. The first-order chi connectivity index (χ1) is 10.2. The summed E-state index contributed by atoms with van der Waals surface area (Å²) in [6.45, 7) is 2.75. The number of pyridine rings is 1. The van der Waals surface area contributed by atoms with E-state index in [1.54, 1.807) is 0 Å². The molecule has 2 heterocycles. The molecular weight excluding hydrogens is 262 g/mol. The third kappa shape index (κ3) is 3.26. The van der Waals surface area contributed by atoms with Crippen LogP contribution in [0.25, 0.3) is 5.65 Å². The minimum absolute atomic E-state index is 0.231. The fourth-order valence-corrected chi connectivity index (χ4v) is 3.14. The Bertz CT molecular complexity index is 626.